The molecular weight excluding hydrogens is 402 g/mol. The van der Waals surface area contributed by atoms with Crippen molar-refractivity contribution in [2.75, 3.05) is 12.4 Å². The van der Waals surface area contributed by atoms with E-state index in [-0.39, 0.29) is 28.4 Å². The summed E-state index contributed by atoms with van der Waals surface area (Å²) in [6, 6.07) is 18.4. The SMILES string of the molecule is COc1ccc([N+](=O)[O-])cc1NC(=O)/C(=C/c1cccc([N+](=O)[O-])c1)c1ccccc1. The fourth-order valence-corrected chi connectivity index (χ4v) is 2.89. The van der Waals surface area contributed by atoms with Crippen LogP contribution in [0.25, 0.3) is 11.6 Å². The number of rotatable bonds is 7. The number of carbonyl (C=O) groups is 1. The van der Waals surface area contributed by atoms with Crippen LogP contribution in [0.1, 0.15) is 11.1 Å². The Bertz CT molecular complexity index is 1170. The normalized spacial score (nSPS) is 10.9. The number of non-ortho nitro benzene ring substituents is 2. The van der Waals surface area contributed by atoms with Crippen molar-refractivity contribution in [3.8, 4) is 5.75 Å². The van der Waals surface area contributed by atoms with Gasteiger partial charge in [0, 0.05) is 29.8 Å². The molecule has 0 atom stereocenters. The van der Waals surface area contributed by atoms with Gasteiger partial charge < -0.3 is 10.1 Å². The Morgan fingerprint density at radius 3 is 2.23 bits per heavy atom. The van der Waals surface area contributed by atoms with Crippen molar-refractivity contribution in [2.24, 2.45) is 0 Å². The highest BCUT2D eigenvalue weighted by Crippen LogP contribution is 2.30. The average Bonchev–Trinajstić information content (AvgIpc) is 2.78. The molecule has 0 bridgehead atoms. The summed E-state index contributed by atoms with van der Waals surface area (Å²) in [4.78, 5) is 34.2. The summed E-state index contributed by atoms with van der Waals surface area (Å²) in [5.74, 6) is -0.307. The molecule has 156 valence electrons. The summed E-state index contributed by atoms with van der Waals surface area (Å²) in [5.41, 5.74) is 1.05. The first-order chi connectivity index (χ1) is 14.9. The Morgan fingerprint density at radius 1 is 0.903 bits per heavy atom. The predicted molar refractivity (Wildman–Crippen MR) is 116 cm³/mol. The summed E-state index contributed by atoms with van der Waals surface area (Å²) in [5, 5.41) is 24.8. The average molecular weight is 419 g/mol. The van der Waals surface area contributed by atoms with Crippen LogP contribution in [0.2, 0.25) is 0 Å². The molecule has 0 heterocycles. The van der Waals surface area contributed by atoms with Crippen LogP contribution in [0.3, 0.4) is 0 Å². The molecule has 0 saturated carbocycles. The quantitative estimate of drug-likeness (QED) is 0.256. The molecule has 0 aliphatic rings. The molecule has 3 aromatic rings. The summed E-state index contributed by atoms with van der Waals surface area (Å²) >= 11 is 0. The molecule has 3 aromatic carbocycles. The van der Waals surface area contributed by atoms with Crippen molar-refractivity contribution in [3.63, 3.8) is 0 Å². The van der Waals surface area contributed by atoms with Crippen molar-refractivity contribution in [3.05, 3.63) is 104 Å². The van der Waals surface area contributed by atoms with Gasteiger partial charge in [0.25, 0.3) is 17.3 Å². The van der Waals surface area contributed by atoms with Crippen LogP contribution in [0, 0.1) is 20.2 Å². The topological polar surface area (TPSA) is 125 Å². The zero-order chi connectivity index (χ0) is 22.4. The van der Waals surface area contributed by atoms with E-state index in [1.807, 2.05) is 0 Å². The van der Waals surface area contributed by atoms with Crippen molar-refractivity contribution >= 4 is 34.6 Å². The fourth-order valence-electron chi connectivity index (χ4n) is 2.89. The molecule has 1 N–H and O–H groups in total. The van der Waals surface area contributed by atoms with E-state index in [1.165, 1.54) is 49.6 Å². The molecular formula is C22H17N3O6. The number of nitrogens with zero attached hydrogens (tertiary/aromatic N) is 2. The van der Waals surface area contributed by atoms with Crippen molar-refractivity contribution in [2.45, 2.75) is 0 Å². The third-order valence-electron chi connectivity index (χ3n) is 4.36. The maximum absolute atomic E-state index is 13.1. The van der Waals surface area contributed by atoms with Gasteiger partial charge in [-0.3, -0.25) is 25.0 Å². The molecule has 0 radical (unpaired) electrons. The van der Waals surface area contributed by atoms with Crippen molar-refractivity contribution in [1.82, 2.24) is 0 Å². The highest BCUT2D eigenvalue weighted by molar-refractivity contribution is 6.29. The lowest BCUT2D eigenvalue weighted by Gasteiger charge is -2.12. The first-order valence-corrected chi connectivity index (χ1v) is 9.04. The number of amides is 1. The monoisotopic (exact) mass is 419 g/mol. The number of hydrogen-bond donors (Lipinski definition) is 1. The van der Waals surface area contributed by atoms with Gasteiger partial charge in [0.05, 0.1) is 22.6 Å². The highest BCUT2D eigenvalue weighted by Gasteiger charge is 2.18. The molecule has 9 nitrogen and oxygen atoms in total. The van der Waals surface area contributed by atoms with Crippen LogP contribution in [0.15, 0.2) is 72.8 Å². The van der Waals surface area contributed by atoms with Gasteiger partial charge in [-0.1, -0.05) is 42.5 Å². The van der Waals surface area contributed by atoms with Gasteiger partial charge in [0.1, 0.15) is 5.75 Å². The number of ether oxygens (including phenoxy) is 1. The van der Waals surface area contributed by atoms with Crippen LogP contribution in [0.5, 0.6) is 5.75 Å². The fraction of sp³-hybridized carbons (Fsp3) is 0.0455. The Balaban J connectivity index is 2.04. The molecule has 9 heteroatoms. The second kappa shape index (κ2) is 9.31. The molecule has 3 rings (SSSR count). The minimum Gasteiger partial charge on any atom is -0.495 e. The molecule has 31 heavy (non-hydrogen) atoms. The van der Waals surface area contributed by atoms with E-state index in [2.05, 4.69) is 5.32 Å². The van der Waals surface area contributed by atoms with Gasteiger partial charge in [-0.05, 0) is 23.3 Å². The summed E-state index contributed by atoms with van der Waals surface area (Å²) in [7, 11) is 1.38. The van der Waals surface area contributed by atoms with E-state index in [0.717, 1.165) is 0 Å². The number of carbonyl (C=O) groups excluding carboxylic acids is 1. The van der Waals surface area contributed by atoms with Gasteiger partial charge in [0.2, 0.25) is 0 Å². The Labute approximate surface area is 176 Å². The largest absolute Gasteiger partial charge is 0.495 e. The van der Waals surface area contributed by atoms with E-state index in [0.29, 0.717) is 11.1 Å². The van der Waals surface area contributed by atoms with Crippen molar-refractivity contribution < 1.29 is 19.4 Å². The van der Waals surface area contributed by atoms with Crippen LogP contribution < -0.4 is 10.1 Å². The van der Waals surface area contributed by atoms with Crippen molar-refractivity contribution in [1.29, 1.82) is 0 Å². The molecule has 0 aliphatic heterocycles. The van der Waals surface area contributed by atoms with Gasteiger partial charge in [-0.2, -0.15) is 0 Å². The molecule has 0 aromatic heterocycles. The van der Waals surface area contributed by atoms with Crippen LogP contribution >= 0.6 is 0 Å². The predicted octanol–water partition coefficient (Wildman–Crippen LogP) is 4.69. The number of nitrogens with one attached hydrogen (secondary N) is 1. The first kappa shape index (κ1) is 21.2. The van der Waals surface area contributed by atoms with Crippen LogP contribution in [-0.2, 0) is 4.79 Å². The van der Waals surface area contributed by atoms with Gasteiger partial charge in [-0.15, -0.1) is 0 Å². The Morgan fingerprint density at radius 2 is 1.58 bits per heavy atom. The van der Waals surface area contributed by atoms with Gasteiger partial charge in [0.15, 0.2) is 0 Å². The lowest BCUT2D eigenvalue weighted by atomic mass is 10.0. The number of methoxy groups -OCH3 is 1. The zero-order valence-electron chi connectivity index (χ0n) is 16.3. The number of benzene rings is 3. The number of nitro benzene ring substituents is 2. The maximum atomic E-state index is 13.1. The second-order valence-electron chi connectivity index (χ2n) is 6.37. The van der Waals surface area contributed by atoms with E-state index >= 15 is 0 Å². The van der Waals surface area contributed by atoms with E-state index < -0.39 is 15.8 Å². The minimum atomic E-state index is -0.577. The van der Waals surface area contributed by atoms with Gasteiger partial charge >= 0.3 is 0 Å². The molecule has 1 amide bonds. The Kier molecular flexibility index (Phi) is 6.36. The minimum absolute atomic E-state index is 0.109. The summed E-state index contributed by atoms with van der Waals surface area (Å²) < 4.78 is 5.20. The third kappa shape index (κ3) is 5.10. The molecule has 0 spiro atoms. The molecule has 0 unspecified atom stereocenters. The lowest BCUT2D eigenvalue weighted by Crippen LogP contribution is -2.14. The number of anilines is 1. The number of nitro groups is 2. The zero-order valence-corrected chi connectivity index (χ0v) is 16.3. The van der Waals surface area contributed by atoms with E-state index in [9.17, 15) is 25.0 Å². The standard InChI is InChI=1S/C22H17N3O6/c1-31-21-11-10-18(25(29)30)14-20(21)23-22(26)19(16-7-3-2-4-8-16)13-15-6-5-9-17(12-15)24(27)28/h2-14H,1H3,(H,23,26)/b19-13+. The molecule has 0 fully saturated rings. The van der Waals surface area contributed by atoms with E-state index in [4.69, 9.17) is 4.74 Å². The maximum Gasteiger partial charge on any atom is 0.271 e. The van der Waals surface area contributed by atoms with Crippen LogP contribution in [-0.4, -0.2) is 22.9 Å². The number of hydrogen-bond acceptors (Lipinski definition) is 6. The molecule has 0 saturated heterocycles. The highest BCUT2D eigenvalue weighted by atomic mass is 16.6. The van der Waals surface area contributed by atoms with Gasteiger partial charge in [-0.25, -0.2) is 0 Å². The van der Waals surface area contributed by atoms with Crippen LogP contribution in [0.4, 0.5) is 17.1 Å². The van der Waals surface area contributed by atoms with E-state index in [1.54, 1.807) is 36.4 Å². The Hall–Kier alpha value is -4.53. The smallest absolute Gasteiger partial charge is 0.271 e. The molecule has 0 aliphatic carbocycles. The first-order valence-electron chi connectivity index (χ1n) is 9.04. The lowest BCUT2D eigenvalue weighted by molar-refractivity contribution is -0.385. The second-order valence-corrected chi connectivity index (χ2v) is 6.37. The summed E-state index contributed by atoms with van der Waals surface area (Å²) in [6.07, 6.45) is 1.52. The summed E-state index contributed by atoms with van der Waals surface area (Å²) in [6.45, 7) is 0. The third-order valence-corrected chi connectivity index (χ3v) is 4.36.